The van der Waals surface area contributed by atoms with E-state index in [2.05, 4.69) is 0 Å². The molecule has 1 fully saturated rings. The van der Waals surface area contributed by atoms with Crippen LogP contribution >= 0.6 is 0 Å². The molecule has 1 nitrogen and oxygen atoms in total. The topological polar surface area (TPSA) is 17.1 Å². The minimum atomic E-state index is -0.188. The van der Waals surface area contributed by atoms with Crippen LogP contribution in [0.15, 0.2) is 0 Å². The molecule has 2 heteroatoms. The molecule has 1 atom stereocenters. The predicted octanol–water partition coefficient (Wildman–Crippen LogP) is 1.33. The van der Waals surface area contributed by atoms with Crippen LogP contribution in [0.5, 0.6) is 0 Å². The first-order valence-corrected chi connectivity index (χ1v) is 3.55. The van der Waals surface area contributed by atoms with Crippen molar-refractivity contribution in [3.8, 4) is 0 Å². The third-order valence-electron chi connectivity index (χ3n) is 2.10. The molecule has 0 aliphatic heterocycles. The molecule has 0 N–H and O–H groups in total. The molecule has 9 heavy (non-hydrogen) atoms. The fraction of sp³-hybridized carbons (Fsp3) is 0.857. The summed E-state index contributed by atoms with van der Waals surface area (Å²) in [5.41, 5.74) is 0. The summed E-state index contributed by atoms with van der Waals surface area (Å²) in [6, 6.07) is 0. The summed E-state index contributed by atoms with van der Waals surface area (Å²) >= 11 is 0. The van der Waals surface area contributed by atoms with Crippen LogP contribution in [0.25, 0.3) is 0 Å². The van der Waals surface area contributed by atoms with Crippen molar-refractivity contribution in [2.45, 2.75) is 31.5 Å². The van der Waals surface area contributed by atoms with Crippen molar-refractivity contribution in [1.29, 1.82) is 0 Å². The van der Waals surface area contributed by atoms with Gasteiger partial charge in [0.25, 0.3) is 0 Å². The summed E-state index contributed by atoms with van der Waals surface area (Å²) in [4.78, 5) is 10.2. The van der Waals surface area contributed by atoms with Gasteiger partial charge in [-0.25, -0.2) is 0 Å². The smallest absolute Gasteiger partial charge is 0.114 e. The van der Waals surface area contributed by atoms with E-state index in [1.165, 1.54) is 12.8 Å². The van der Waals surface area contributed by atoms with Gasteiger partial charge in [-0.2, -0.15) is 0 Å². The molecule has 0 aromatic rings. The van der Waals surface area contributed by atoms with Crippen molar-refractivity contribution < 1.29 is 4.79 Å². The third-order valence-corrected chi connectivity index (χ3v) is 2.10. The van der Waals surface area contributed by atoms with E-state index in [1.54, 1.807) is 0 Å². The maximum atomic E-state index is 10.2. The van der Waals surface area contributed by atoms with Crippen LogP contribution < -0.4 is 0 Å². The number of hydrogen-bond acceptors (Lipinski definition) is 1. The SMILES string of the molecule is [B]C(C=O)C1CCCC1. The van der Waals surface area contributed by atoms with E-state index in [9.17, 15) is 4.79 Å². The Kier molecular flexibility index (Phi) is 2.32. The molecule has 1 rings (SSSR count). The van der Waals surface area contributed by atoms with Gasteiger partial charge >= 0.3 is 0 Å². The van der Waals surface area contributed by atoms with Crippen molar-refractivity contribution in [3.63, 3.8) is 0 Å². The molecule has 0 heterocycles. The summed E-state index contributed by atoms with van der Waals surface area (Å²) in [6.07, 6.45) is 5.69. The maximum absolute atomic E-state index is 10.2. The lowest BCUT2D eigenvalue weighted by Crippen LogP contribution is -2.05. The summed E-state index contributed by atoms with van der Waals surface area (Å²) in [5.74, 6) is 0.301. The van der Waals surface area contributed by atoms with Crippen molar-refractivity contribution in [3.05, 3.63) is 0 Å². The quantitative estimate of drug-likeness (QED) is 0.398. The van der Waals surface area contributed by atoms with E-state index in [0.29, 0.717) is 5.92 Å². The standard InChI is InChI=1S/C7H11BO/c8-7(5-9)6-3-1-2-4-6/h5-7H,1-4H2. The van der Waals surface area contributed by atoms with Gasteiger partial charge in [0.05, 0.1) is 7.85 Å². The number of hydrogen-bond donors (Lipinski definition) is 0. The van der Waals surface area contributed by atoms with Crippen molar-refractivity contribution in [1.82, 2.24) is 0 Å². The molecule has 1 aliphatic rings. The summed E-state index contributed by atoms with van der Waals surface area (Å²) in [6.45, 7) is 0. The molecule has 1 unspecified atom stereocenters. The molecule has 0 aromatic heterocycles. The van der Waals surface area contributed by atoms with Crippen LogP contribution in [0.2, 0.25) is 5.82 Å². The Morgan fingerprint density at radius 3 is 2.44 bits per heavy atom. The number of carbonyl (C=O) groups is 1. The average Bonchev–Trinajstić information content (AvgIpc) is 2.37. The lowest BCUT2D eigenvalue weighted by molar-refractivity contribution is -0.108. The highest BCUT2D eigenvalue weighted by molar-refractivity contribution is 6.19. The van der Waals surface area contributed by atoms with E-state index < -0.39 is 0 Å². The lowest BCUT2D eigenvalue weighted by Gasteiger charge is -2.10. The molecule has 1 saturated carbocycles. The molecule has 0 amide bonds. The first-order chi connectivity index (χ1) is 4.34. The monoisotopic (exact) mass is 122 g/mol. The summed E-state index contributed by atoms with van der Waals surface area (Å²) in [7, 11) is 5.51. The second-order valence-corrected chi connectivity index (χ2v) is 2.76. The molecule has 48 valence electrons. The highest BCUT2D eigenvalue weighted by atomic mass is 16.1. The zero-order valence-electron chi connectivity index (χ0n) is 5.55. The Hall–Kier alpha value is -0.265. The van der Waals surface area contributed by atoms with E-state index >= 15 is 0 Å². The summed E-state index contributed by atoms with van der Waals surface area (Å²) < 4.78 is 0. The molecule has 0 bridgehead atoms. The van der Waals surface area contributed by atoms with Gasteiger partial charge in [-0.3, -0.25) is 0 Å². The van der Waals surface area contributed by atoms with E-state index in [-0.39, 0.29) is 5.82 Å². The summed E-state index contributed by atoms with van der Waals surface area (Å²) in [5, 5.41) is 0. The second-order valence-electron chi connectivity index (χ2n) is 2.76. The van der Waals surface area contributed by atoms with Gasteiger partial charge in [0.1, 0.15) is 6.29 Å². The minimum Gasteiger partial charge on any atom is -0.304 e. The van der Waals surface area contributed by atoms with Crippen LogP contribution in [-0.4, -0.2) is 14.1 Å². The average molecular weight is 122 g/mol. The molecule has 0 aromatic carbocycles. The van der Waals surface area contributed by atoms with Gasteiger partial charge in [-0.15, -0.1) is 0 Å². The maximum Gasteiger partial charge on any atom is 0.114 e. The molecule has 2 radical (unpaired) electrons. The van der Waals surface area contributed by atoms with Crippen LogP contribution in [0.1, 0.15) is 25.7 Å². The second kappa shape index (κ2) is 3.04. The molecular formula is C7H11BO. The van der Waals surface area contributed by atoms with Crippen LogP contribution in [0, 0.1) is 5.92 Å². The fourth-order valence-electron chi connectivity index (χ4n) is 1.45. The molecule has 0 saturated heterocycles. The van der Waals surface area contributed by atoms with Crippen molar-refractivity contribution >= 4 is 14.1 Å². The van der Waals surface area contributed by atoms with E-state index in [0.717, 1.165) is 19.1 Å². The molecular weight excluding hydrogens is 111 g/mol. The predicted molar refractivity (Wildman–Crippen MR) is 37.5 cm³/mol. The van der Waals surface area contributed by atoms with Crippen molar-refractivity contribution in [2.75, 3.05) is 0 Å². The lowest BCUT2D eigenvalue weighted by atomic mass is 9.77. The van der Waals surface area contributed by atoms with Gasteiger partial charge in [0.2, 0.25) is 0 Å². The Morgan fingerprint density at radius 2 is 2.00 bits per heavy atom. The Bertz CT molecular complexity index is 97.1. The fourth-order valence-corrected chi connectivity index (χ4v) is 1.45. The highest BCUT2D eigenvalue weighted by Gasteiger charge is 2.19. The Balaban J connectivity index is 2.32. The minimum absolute atomic E-state index is 0.188. The first-order valence-electron chi connectivity index (χ1n) is 3.55. The van der Waals surface area contributed by atoms with Crippen molar-refractivity contribution in [2.24, 2.45) is 5.92 Å². The van der Waals surface area contributed by atoms with Gasteiger partial charge in [0, 0.05) is 0 Å². The highest BCUT2D eigenvalue weighted by Crippen LogP contribution is 2.31. The largest absolute Gasteiger partial charge is 0.304 e. The Morgan fingerprint density at radius 1 is 1.44 bits per heavy atom. The molecule has 0 spiro atoms. The van der Waals surface area contributed by atoms with Gasteiger partial charge < -0.3 is 4.79 Å². The van der Waals surface area contributed by atoms with Gasteiger partial charge in [-0.05, 0) is 11.7 Å². The number of aldehydes is 1. The number of rotatable bonds is 2. The van der Waals surface area contributed by atoms with Crippen LogP contribution in [0.3, 0.4) is 0 Å². The van der Waals surface area contributed by atoms with Gasteiger partial charge in [-0.1, -0.05) is 25.7 Å². The van der Waals surface area contributed by atoms with Crippen LogP contribution in [0.4, 0.5) is 0 Å². The zero-order valence-corrected chi connectivity index (χ0v) is 5.55. The zero-order chi connectivity index (χ0) is 6.69. The Labute approximate surface area is 57.2 Å². The normalized spacial score (nSPS) is 24.0. The number of carbonyl (C=O) groups excluding carboxylic acids is 1. The first kappa shape index (κ1) is 6.85. The van der Waals surface area contributed by atoms with Gasteiger partial charge in [0.15, 0.2) is 0 Å². The van der Waals surface area contributed by atoms with Crippen LogP contribution in [-0.2, 0) is 4.79 Å². The third kappa shape index (κ3) is 1.57. The van der Waals surface area contributed by atoms with E-state index in [4.69, 9.17) is 7.85 Å². The van der Waals surface area contributed by atoms with E-state index in [1.807, 2.05) is 0 Å². The molecule has 1 aliphatic carbocycles.